The molecule has 7 nitrogen and oxygen atoms in total. The lowest BCUT2D eigenvalue weighted by molar-refractivity contribution is -0.137. The highest BCUT2D eigenvalue weighted by atomic mass is 16.4. The van der Waals surface area contributed by atoms with E-state index in [0.29, 0.717) is 12.1 Å². The number of aliphatic carboxylic acids is 1. The van der Waals surface area contributed by atoms with Gasteiger partial charge in [-0.2, -0.15) is 0 Å². The predicted molar refractivity (Wildman–Crippen MR) is 71.1 cm³/mol. The Kier molecular flexibility index (Phi) is 4.70. The Bertz CT molecular complexity index is 480. The number of nitrogens with zero attached hydrogens (tertiary/aromatic N) is 4. The molecule has 1 aromatic rings. The predicted octanol–water partition coefficient (Wildman–Crippen LogP) is 0.869. The molecule has 0 bridgehead atoms. The SMILES string of the molecule is CC(C(=O)N1CCCCC1)n1cc(CCC(=O)O)nn1. The Morgan fingerprint density at radius 3 is 2.70 bits per heavy atom. The minimum absolute atomic E-state index is 0.0210. The molecule has 7 heteroatoms. The van der Waals surface area contributed by atoms with Crippen LogP contribution in [0.3, 0.4) is 0 Å². The van der Waals surface area contributed by atoms with Gasteiger partial charge in [-0.3, -0.25) is 9.59 Å². The second-order valence-corrected chi connectivity index (χ2v) is 5.15. The minimum atomic E-state index is -0.864. The summed E-state index contributed by atoms with van der Waals surface area (Å²) in [6, 6.07) is -0.390. The van der Waals surface area contributed by atoms with Gasteiger partial charge in [0.2, 0.25) is 5.91 Å². The van der Waals surface area contributed by atoms with Crippen molar-refractivity contribution in [1.82, 2.24) is 19.9 Å². The second kappa shape index (κ2) is 6.49. The van der Waals surface area contributed by atoms with Crippen molar-refractivity contribution in [2.24, 2.45) is 0 Å². The topological polar surface area (TPSA) is 88.3 Å². The molecule has 0 saturated carbocycles. The Morgan fingerprint density at radius 2 is 2.05 bits per heavy atom. The summed E-state index contributed by atoms with van der Waals surface area (Å²) in [4.78, 5) is 24.7. The summed E-state index contributed by atoms with van der Waals surface area (Å²) in [5.41, 5.74) is 0.602. The average molecular weight is 280 g/mol. The van der Waals surface area contributed by atoms with Crippen LogP contribution in [-0.2, 0) is 16.0 Å². The number of aromatic nitrogens is 3. The van der Waals surface area contributed by atoms with E-state index >= 15 is 0 Å². The highest BCUT2D eigenvalue weighted by Crippen LogP contribution is 2.15. The van der Waals surface area contributed by atoms with Crippen LogP contribution < -0.4 is 0 Å². The van der Waals surface area contributed by atoms with E-state index in [4.69, 9.17) is 5.11 Å². The highest BCUT2D eigenvalue weighted by Gasteiger charge is 2.24. The van der Waals surface area contributed by atoms with E-state index in [1.54, 1.807) is 13.1 Å². The quantitative estimate of drug-likeness (QED) is 0.864. The zero-order chi connectivity index (χ0) is 14.5. The standard InChI is InChI=1S/C13H20N4O3/c1-10(13(20)16-7-3-2-4-8-16)17-9-11(14-15-17)5-6-12(18)19/h9-10H,2-8H2,1H3,(H,18,19). The largest absolute Gasteiger partial charge is 0.481 e. The lowest BCUT2D eigenvalue weighted by Gasteiger charge is -2.29. The third kappa shape index (κ3) is 3.55. The van der Waals surface area contributed by atoms with Gasteiger partial charge in [-0.15, -0.1) is 5.10 Å². The number of hydrogen-bond donors (Lipinski definition) is 1. The molecule has 0 aromatic carbocycles. The first kappa shape index (κ1) is 14.5. The lowest BCUT2D eigenvalue weighted by atomic mass is 10.1. The summed E-state index contributed by atoms with van der Waals surface area (Å²) >= 11 is 0. The normalized spacial score (nSPS) is 16.9. The van der Waals surface area contributed by atoms with E-state index in [1.807, 2.05) is 4.90 Å². The van der Waals surface area contributed by atoms with Gasteiger partial charge in [0.25, 0.3) is 0 Å². The van der Waals surface area contributed by atoms with Crippen molar-refractivity contribution < 1.29 is 14.7 Å². The van der Waals surface area contributed by atoms with Gasteiger partial charge < -0.3 is 10.0 Å². The number of carboxylic acid groups (broad SMARTS) is 1. The summed E-state index contributed by atoms with van der Waals surface area (Å²) in [6.45, 7) is 3.42. The monoisotopic (exact) mass is 280 g/mol. The van der Waals surface area contributed by atoms with Gasteiger partial charge in [0, 0.05) is 25.7 Å². The summed E-state index contributed by atoms with van der Waals surface area (Å²) in [7, 11) is 0. The fraction of sp³-hybridized carbons (Fsp3) is 0.692. The van der Waals surface area contributed by atoms with Crippen molar-refractivity contribution in [2.75, 3.05) is 13.1 Å². The van der Waals surface area contributed by atoms with Crippen molar-refractivity contribution in [2.45, 2.75) is 45.1 Å². The number of rotatable bonds is 5. The smallest absolute Gasteiger partial charge is 0.303 e. The molecule has 20 heavy (non-hydrogen) atoms. The first-order valence-electron chi connectivity index (χ1n) is 6.99. The first-order chi connectivity index (χ1) is 9.58. The summed E-state index contributed by atoms with van der Waals surface area (Å²) in [5, 5.41) is 16.5. The number of carbonyl (C=O) groups is 2. The molecule has 1 atom stereocenters. The number of amides is 1. The minimum Gasteiger partial charge on any atom is -0.481 e. The van der Waals surface area contributed by atoms with E-state index < -0.39 is 5.97 Å². The van der Waals surface area contributed by atoms with Crippen LogP contribution in [0.25, 0.3) is 0 Å². The van der Waals surface area contributed by atoms with E-state index in [-0.39, 0.29) is 18.4 Å². The molecule has 1 aliphatic heterocycles. The summed E-state index contributed by atoms with van der Waals surface area (Å²) in [5.74, 6) is -0.809. The van der Waals surface area contributed by atoms with Crippen molar-refractivity contribution in [1.29, 1.82) is 0 Å². The molecule has 2 rings (SSSR count). The molecule has 1 fully saturated rings. The molecular weight excluding hydrogens is 260 g/mol. The molecule has 2 heterocycles. The zero-order valence-electron chi connectivity index (χ0n) is 11.7. The second-order valence-electron chi connectivity index (χ2n) is 5.15. The van der Waals surface area contributed by atoms with Crippen molar-refractivity contribution in [3.05, 3.63) is 11.9 Å². The first-order valence-corrected chi connectivity index (χ1v) is 6.99. The van der Waals surface area contributed by atoms with Gasteiger partial charge in [-0.25, -0.2) is 4.68 Å². The molecule has 0 radical (unpaired) electrons. The van der Waals surface area contributed by atoms with Crippen molar-refractivity contribution >= 4 is 11.9 Å². The van der Waals surface area contributed by atoms with Gasteiger partial charge in [-0.1, -0.05) is 5.21 Å². The number of aryl methyl sites for hydroxylation is 1. The molecule has 1 aromatic heterocycles. The van der Waals surface area contributed by atoms with Crippen LogP contribution in [0.5, 0.6) is 0 Å². The molecule has 0 spiro atoms. The molecular formula is C13H20N4O3. The number of carbonyl (C=O) groups excluding carboxylic acids is 1. The van der Waals surface area contributed by atoms with E-state index in [2.05, 4.69) is 10.3 Å². The fourth-order valence-electron chi connectivity index (χ4n) is 2.34. The molecule has 1 amide bonds. The lowest BCUT2D eigenvalue weighted by Crippen LogP contribution is -2.39. The highest BCUT2D eigenvalue weighted by molar-refractivity contribution is 5.80. The van der Waals surface area contributed by atoms with Crippen molar-refractivity contribution in [3.8, 4) is 0 Å². The Morgan fingerprint density at radius 1 is 1.35 bits per heavy atom. The number of carboxylic acids is 1. The van der Waals surface area contributed by atoms with E-state index in [1.165, 1.54) is 11.1 Å². The van der Waals surface area contributed by atoms with Gasteiger partial charge in [0.1, 0.15) is 6.04 Å². The molecule has 1 aliphatic rings. The molecule has 0 aliphatic carbocycles. The summed E-state index contributed by atoms with van der Waals surface area (Å²) < 4.78 is 1.52. The van der Waals surface area contributed by atoms with Crippen LogP contribution in [0.1, 0.15) is 44.3 Å². The molecule has 1 N–H and O–H groups in total. The van der Waals surface area contributed by atoms with Crippen LogP contribution in [-0.4, -0.2) is 50.0 Å². The van der Waals surface area contributed by atoms with E-state index in [0.717, 1.165) is 25.9 Å². The van der Waals surface area contributed by atoms with Gasteiger partial charge in [-0.05, 0) is 26.2 Å². The third-order valence-electron chi connectivity index (χ3n) is 3.57. The van der Waals surface area contributed by atoms with Gasteiger partial charge in [0.15, 0.2) is 0 Å². The molecule has 1 saturated heterocycles. The Balaban J connectivity index is 1.95. The maximum absolute atomic E-state index is 12.3. The molecule has 110 valence electrons. The number of piperidine rings is 1. The number of likely N-dealkylation sites (tertiary alicyclic amines) is 1. The van der Waals surface area contributed by atoms with Crippen LogP contribution in [0, 0.1) is 0 Å². The van der Waals surface area contributed by atoms with Gasteiger partial charge >= 0.3 is 5.97 Å². The maximum Gasteiger partial charge on any atom is 0.303 e. The summed E-state index contributed by atoms with van der Waals surface area (Å²) in [6.07, 6.45) is 5.31. The maximum atomic E-state index is 12.3. The van der Waals surface area contributed by atoms with E-state index in [9.17, 15) is 9.59 Å². The van der Waals surface area contributed by atoms with Crippen molar-refractivity contribution in [3.63, 3.8) is 0 Å². The zero-order valence-corrected chi connectivity index (χ0v) is 11.7. The molecule has 1 unspecified atom stereocenters. The number of hydrogen-bond acceptors (Lipinski definition) is 4. The Labute approximate surface area is 117 Å². The van der Waals surface area contributed by atoms with Crippen LogP contribution in [0.2, 0.25) is 0 Å². The third-order valence-corrected chi connectivity index (χ3v) is 3.57. The van der Waals surface area contributed by atoms with Crippen LogP contribution >= 0.6 is 0 Å². The van der Waals surface area contributed by atoms with Crippen LogP contribution in [0.4, 0.5) is 0 Å². The average Bonchev–Trinajstić information content (AvgIpc) is 2.93. The fourth-order valence-corrected chi connectivity index (χ4v) is 2.34. The Hall–Kier alpha value is -1.92. The van der Waals surface area contributed by atoms with Crippen LogP contribution in [0.15, 0.2) is 6.20 Å². The van der Waals surface area contributed by atoms with Gasteiger partial charge in [0.05, 0.1) is 12.1 Å².